The average Bonchev–Trinajstić information content (AvgIpc) is 3.83. The van der Waals surface area contributed by atoms with E-state index >= 15 is 0 Å². The predicted octanol–water partition coefficient (Wildman–Crippen LogP) is 9.79. The maximum Gasteiger partial charge on any atom is 0.252 e. The lowest BCUT2D eigenvalue weighted by atomic mass is 10.1. The first-order valence-electron chi connectivity index (χ1n) is 15.9. The molecule has 0 fully saturated rings. The molecule has 0 spiro atoms. The second-order valence-electron chi connectivity index (χ2n) is 12.2. The first-order chi connectivity index (χ1) is 23.9. The normalized spacial score (nSPS) is 12.2. The second-order valence-corrected chi connectivity index (χ2v) is 13.8. The summed E-state index contributed by atoms with van der Waals surface area (Å²) in [6.07, 6.45) is 0. The molecule has 49 heavy (non-hydrogen) atoms. The zero-order chi connectivity index (χ0) is 33.2. The van der Waals surface area contributed by atoms with Crippen molar-refractivity contribution in [1.29, 1.82) is 0 Å². The molecule has 0 unspecified atom stereocenters. The van der Waals surface area contributed by atoms with E-state index in [1.807, 2.05) is 42.5 Å². The van der Waals surface area contributed by atoms with Gasteiger partial charge in [-0.25, -0.2) is 4.99 Å². The molecule has 0 N–H and O–H groups in total. The van der Waals surface area contributed by atoms with Crippen LogP contribution < -0.4 is 21.1 Å². The molecule has 0 saturated carbocycles. The van der Waals surface area contributed by atoms with Gasteiger partial charge in [-0.05, 0) is 73.2 Å². The number of fused-ring (bicyclic) bond motifs is 4. The zero-order valence-electron chi connectivity index (χ0n) is 26.5. The summed E-state index contributed by atoms with van der Waals surface area (Å²) in [5.41, 5.74) is 6.15. The molecular formula is C41H26N4O2S2. The lowest BCUT2D eigenvalue weighted by molar-refractivity contribution is 1.30. The number of thiophene rings is 1. The molecule has 0 aliphatic carbocycles. The molecule has 234 valence electrons. The van der Waals surface area contributed by atoms with Crippen LogP contribution in [0, 0.1) is 13.8 Å². The molecule has 6 nitrogen and oxygen atoms in total. The van der Waals surface area contributed by atoms with Crippen molar-refractivity contribution < 1.29 is 0 Å². The third kappa shape index (κ3) is 4.79. The molecule has 0 aliphatic rings. The van der Waals surface area contributed by atoms with Crippen molar-refractivity contribution in [2.75, 3.05) is 4.90 Å². The molecular weight excluding hydrogens is 645 g/mol. The molecule has 0 radical (unpaired) electrons. The fourth-order valence-corrected chi connectivity index (χ4v) is 8.46. The van der Waals surface area contributed by atoms with Gasteiger partial charge in [-0.2, -0.15) is 8.75 Å². The van der Waals surface area contributed by atoms with Gasteiger partial charge >= 0.3 is 0 Å². The molecule has 0 saturated heterocycles. The topological polar surface area (TPSA) is 75.5 Å². The first kappa shape index (κ1) is 29.3. The Kier molecular flexibility index (Phi) is 6.82. The lowest BCUT2D eigenvalue weighted by Crippen LogP contribution is -2.30. The van der Waals surface area contributed by atoms with Gasteiger partial charge in [0.15, 0.2) is 0 Å². The maximum atomic E-state index is 13.3. The molecule has 0 aliphatic heterocycles. The Bertz CT molecular complexity index is 2850. The van der Waals surface area contributed by atoms with Crippen molar-refractivity contribution in [1.82, 2.24) is 8.75 Å². The Morgan fingerprint density at radius 2 is 1.18 bits per heavy atom. The molecule has 8 heteroatoms. The number of benzene rings is 6. The molecule has 7 aromatic carbocycles. The summed E-state index contributed by atoms with van der Waals surface area (Å²) in [6, 6.07) is 41.0. The third-order valence-electron chi connectivity index (χ3n) is 9.07. The highest BCUT2D eigenvalue weighted by Crippen LogP contribution is 2.50. The van der Waals surface area contributed by atoms with Gasteiger partial charge in [0.1, 0.15) is 21.4 Å². The van der Waals surface area contributed by atoms with E-state index in [0.29, 0.717) is 27.5 Å². The van der Waals surface area contributed by atoms with E-state index in [9.17, 15) is 9.59 Å². The zero-order valence-corrected chi connectivity index (χ0v) is 28.1. The lowest BCUT2D eigenvalue weighted by Gasteiger charge is -2.24. The van der Waals surface area contributed by atoms with Crippen LogP contribution in [0.3, 0.4) is 0 Å². The quantitative estimate of drug-likeness (QED) is 0.171. The Morgan fingerprint density at radius 3 is 1.86 bits per heavy atom. The van der Waals surface area contributed by atoms with Crippen LogP contribution in [0.2, 0.25) is 0 Å². The summed E-state index contributed by atoms with van der Waals surface area (Å²) in [6.45, 7) is 4.20. The van der Waals surface area contributed by atoms with Crippen LogP contribution in [0.5, 0.6) is 0 Å². The van der Waals surface area contributed by atoms with Crippen molar-refractivity contribution in [3.8, 4) is 10.4 Å². The Hall–Kier alpha value is -5.83. The summed E-state index contributed by atoms with van der Waals surface area (Å²) in [5.74, 6) is 0. The van der Waals surface area contributed by atoms with Crippen LogP contribution in [0.15, 0.2) is 136 Å². The summed E-state index contributed by atoms with van der Waals surface area (Å²) >= 11 is 2.82. The van der Waals surface area contributed by atoms with Crippen LogP contribution in [0.1, 0.15) is 11.1 Å². The van der Waals surface area contributed by atoms with E-state index in [0.717, 1.165) is 60.1 Å². The molecule has 0 amide bonds. The number of hydrogen-bond donors (Lipinski definition) is 0. The SMILES string of the molecule is Cc1ccc(N(c2ccc(C)cc2)c2sc(-c3ccc(N=c4c(=O)c(=O)c5cc6ccccc6cc45)c4nsnc34)c3ccccc23)cc1. The molecule has 9 rings (SSSR count). The van der Waals surface area contributed by atoms with E-state index in [1.165, 1.54) is 11.1 Å². The number of hydrogen-bond acceptors (Lipinski definition) is 8. The van der Waals surface area contributed by atoms with Gasteiger partial charge in [0, 0.05) is 43.4 Å². The second kappa shape index (κ2) is 11.4. The van der Waals surface area contributed by atoms with Gasteiger partial charge in [-0.3, -0.25) is 9.59 Å². The minimum Gasteiger partial charge on any atom is -0.301 e. The Morgan fingerprint density at radius 1 is 0.592 bits per heavy atom. The van der Waals surface area contributed by atoms with Crippen molar-refractivity contribution in [3.63, 3.8) is 0 Å². The van der Waals surface area contributed by atoms with Gasteiger partial charge in [-0.1, -0.05) is 83.9 Å². The minimum absolute atomic E-state index is 0.142. The van der Waals surface area contributed by atoms with E-state index in [1.54, 1.807) is 17.4 Å². The minimum atomic E-state index is -0.605. The largest absolute Gasteiger partial charge is 0.301 e. The fraction of sp³-hybridized carbons (Fsp3) is 0.0488. The fourth-order valence-electron chi connectivity index (χ4n) is 6.55. The van der Waals surface area contributed by atoms with Gasteiger partial charge in [-0.15, -0.1) is 11.3 Å². The van der Waals surface area contributed by atoms with Gasteiger partial charge < -0.3 is 4.90 Å². The van der Waals surface area contributed by atoms with Gasteiger partial charge in [0.25, 0.3) is 5.43 Å². The van der Waals surface area contributed by atoms with E-state index < -0.39 is 10.9 Å². The number of rotatable bonds is 5. The number of aromatic nitrogens is 2. The monoisotopic (exact) mass is 670 g/mol. The van der Waals surface area contributed by atoms with Crippen molar-refractivity contribution in [3.05, 3.63) is 158 Å². The number of aryl methyl sites for hydroxylation is 2. The maximum absolute atomic E-state index is 13.3. The summed E-state index contributed by atoms with van der Waals surface area (Å²) in [7, 11) is 0. The first-order valence-corrected chi connectivity index (χ1v) is 17.4. The van der Waals surface area contributed by atoms with E-state index in [2.05, 4.69) is 95.9 Å². The van der Waals surface area contributed by atoms with Gasteiger partial charge in [0.05, 0.1) is 17.4 Å². The van der Waals surface area contributed by atoms with Gasteiger partial charge in [0.2, 0.25) is 5.43 Å². The highest BCUT2D eigenvalue weighted by atomic mass is 32.1. The summed E-state index contributed by atoms with van der Waals surface area (Å²) in [4.78, 5) is 34.5. The van der Waals surface area contributed by atoms with Crippen LogP contribution in [0.4, 0.5) is 22.1 Å². The third-order valence-corrected chi connectivity index (χ3v) is 10.8. The van der Waals surface area contributed by atoms with Crippen molar-refractivity contribution in [2.24, 2.45) is 4.99 Å². The highest BCUT2D eigenvalue weighted by Gasteiger charge is 2.23. The average molecular weight is 671 g/mol. The molecule has 0 bridgehead atoms. The Labute approximate surface area is 288 Å². The van der Waals surface area contributed by atoms with Crippen molar-refractivity contribution >= 4 is 88.5 Å². The number of nitrogens with zero attached hydrogens (tertiary/aromatic N) is 4. The molecule has 2 heterocycles. The highest BCUT2D eigenvalue weighted by molar-refractivity contribution is 7.21. The van der Waals surface area contributed by atoms with Crippen LogP contribution in [-0.2, 0) is 0 Å². The van der Waals surface area contributed by atoms with E-state index in [4.69, 9.17) is 9.37 Å². The molecule has 2 aromatic heterocycles. The molecule has 0 atom stereocenters. The summed E-state index contributed by atoms with van der Waals surface area (Å²) < 4.78 is 9.40. The predicted molar refractivity (Wildman–Crippen MR) is 204 cm³/mol. The smallest absolute Gasteiger partial charge is 0.252 e. The standard InChI is InChI=1S/C41H26N4O2S2/c1-23-11-15-27(16-12-23)45(28-17-13-24(2)14-18-28)41-30-10-6-5-9-29(30)40(48-41)31-19-20-34(37-35(31)43-49-44-37)42-36-32-21-25-7-3-4-8-26(25)22-33(32)38(46)39(36)47/h3-22H,1-2H3. The van der Waals surface area contributed by atoms with Crippen LogP contribution in [0.25, 0.3) is 53.8 Å². The van der Waals surface area contributed by atoms with E-state index in [-0.39, 0.29) is 5.36 Å². The van der Waals surface area contributed by atoms with Crippen LogP contribution in [-0.4, -0.2) is 8.75 Å². The van der Waals surface area contributed by atoms with Crippen LogP contribution >= 0.6 is 23.1 Å². The van der Waals surface area contributed by atoms with Crippen molar-refractivity contribution in [2.45, 2.75) is 13.8 Å². The Balaban J connectivity index is 1.25. The molecule has 9 aromatic rings. The summed E-state index contributed by atoms with van der Waals surface area (Å²) in [5, 5.41) is 6.26. The number of anilines is 3.